The van der Waals surface area contributed by atoms with Gasteiger partial charge in [0.15, 0.2) is 4.47 Å². The van der Waals surface area contributed by atoms with Crippen LogP contribution in [0.15, 0.2) is 10.6 Å². The number of nitrogens with zero attached hydrogens (tertiary/aromatic N) is 3. The van der Waals surface area contributed by atoms with Crippen LogP contribution in [0.3, 0.4) is 0 Å². The zero-order valence-corrected chi connectivity index (χ0v) is 9.12. The van der Waals surface area contributed by atoms with Crippen molar-refractivity contribution in [2.24, 2.45) is 4.36 Å². The van der Waals surface area contributed by atoms with Crippen LogP contribution < -0.4 is 0 Å². The number of halogens is 1. The highest BCUT2D eigenvalue weighted by Gasteiger charge is 2.06. The summed E-state index contributed by atoms with van der Waals surface area (Å²) >= 11 is 6.83. The maximum Gasteiger partial charge on any atom is 0.214 e. The average Bonchev–Trinajstić information content (AvgIpc) is 2.34. The highest BCUT2D eigenvalue weighted by atomic mass is 35.5. The molecule has 0 saturated heterocycles. The Morgan fingerprint density at radius 3 is 3.08 bits per heavy atom. The lowest BCUT2D eigenvalue weighted by molar-refractivity contribution is 0.680. The molecule has 0 saturated carbocycles. The highest BCUT2D eigenvalue weighted by molar-refractivity contribution is 7.92. The largest absolute Gasteiger partial charge is 0.249 e. The minimum Gasteiger partial charge on any atom is -0.249 e. The minimum atomic E-state index is -2.45. The topological polar surface area (TPSA) is 66.1 Å². The first-order valence-electron chi connectivity index (χ1n) is 3.21. The highest BCUT2D eigenvalue weighted by Crippen LogP contribution is 2.19. The van der Waals surface area contributed by atoms with Gasteiger partial charge in [-0.2, -0.15) is 5.26 Å². The van der Waals surface area contributed by atoms with Gasteiger partial charge < -0.3 is 0 Å². The summed E-state index contributed by atoms with van der Waals surface area (Å²) in [5.41, 5.74) is 0. The monoisotopic (exact) mass is 235 g/mol. The standard InChI is InChI=1S/C6H6ClN3OS2/c1-13(11,10-4-8)3-5-2-9-6(7)12-5/h2H,3H2,1H3. The molecular formula is C6H6ClN3OS2. The Morgan fingerprint density at radius 1 is 1.92 bits per heavy atom. The van der Waals surface area contributed by atoms with E-state index in [0.29, 0.717) is 4.47 Å². The van der Waals surface area contributed by atoms with Crippen molar-refractivity contribution < 1.29 is 4.21 Å². The molecule has 0 radical (unpaired) electrons. The van der Waals surface area contributed by atoms with Gasteiger partial charge in [0.05, 0.1) is 15.5 Å². The molecule has 0 aromatic carbocycles. The Hall–Kier alpha value is -0.640. The fourth-order valence-electron chi connectivity index (χ4n) is 0.733. The third-order valence-corrected chi connectivity index (χ3v) is 3.78. The molecule has 0 fully saturated rings. The van der Waals surface area contributed by atoms with Crippen LogP contribution in [0.25, 0.3) is 0 Å². The Morgan fingerprint density at radius 2 is 2.62 bits per heavy atom. The van der Waals surface area contributed by atoms with Crippen molar-refractivity contribution in [3.05, 3.63) is 15.5 Å². The van der Waals surface area contributed by atoms with Crippen molar-refractivity contribution in [3.63, 3.8) is 0 Å². The van der Waals surface area contributed by atoms with Gasteiger partial charge in [-0.15, -0.1) is 15.7 Å². The lowest BCUT2D eigenvalue weighted by Gasteiger charge is -1.95. The summed E-state index contributed by atoms with van der Waals surface area (Å²) in [4.78, 5) is 4.57. The molecule has 1 atom stereocenters. The van der Waals surface area contributed by atoms with Gasteiger partial charge in [-0.05, 0) is 0 Å². The molecule has 1 aromatic rings. The number of rotatable bonds is 2. The van der Waals surface area contributed by atoms with E-state index in [0.717, 1.165) is 4.88 Å². The minimum absolute atomic E-state index is 0.227. The molecule has 0 aliphatic carbocycles. The Bertz CT molecular complexity index is 453. The second-order valence-corrected chi connectivity index (χ2v) is 6.46. The molecule has 0 aliphatic heterocycles. The van der Waals surface area contributed by atoms with E-state index in [-0.39, 0.29) is 5.75 Å². The van der Waals surface area contributed by atoms with E-state index < -0.39 is 9.73 Å². The van der Waals surface area contributed by atoms with Crippen LogP contribution in [0.4, 0.5) is 0 Å². The van der Waals surface area contributed by atoms with Crippen molar-refractivity contribution in [2.75, 3.05) is 6.26 Å². The molecular weight excluding hydrogens is 230 g/mol. The first-order valence-corrected chi connectivity index (χ1v) is 6.50. The molecule has 1 rings (SSSR count). The lowest BCUT2D eigenvalue weighted by Crippen LogP contribution is -1.98. The Labute approximate surface area is 85.4 Å². The maximum atomic E-state index is 11.5. The number of hydrogen-bond acceptors (Lipinski definition) is 5. The predicted molar refractivity (Wildman–Crippen MR) is 52.9 cm³/mol. The van der Waals surface area contributed by atoms with Gasteiger partial charge in [-0.25, -0.2) is 9.19 Å². The number of nitriles is 1. The molecule has 0 bridgehead atoms. The van der Waals surface area contributed by atoms with Crippen molar-refractivity contribution in [1.82, 2.24) is 4.98 Å². The molecule has 70 valence electrons. The summed E-state index contributed by atoms with van der Waals surface area (Å²) in [6.07, 6.45) is 4.51. The molecule has 1 heterocycles. The SMILES string of the molecule is CS(=O)(Cc1cnc(Cl)s1)=NC#N. The smallest absolute Gasteiger partial charge is 0.214 e. The first kappa shape index (κ1) is 10.4. The number of hydrogen-bond donors (Lipinski definition) is 0. The van der Waals surface area contributed by atoms with Gasteiger partial charge in [0.1, 0.15) is 0 Å². The molecule has 0 aliphatic rings. The van der Waals surface area contributed by atoms with Crippen LogP contribution in [-0.2, 0) is 15.5 Å². The third-order valence-electron chi connectivity index (χ3n) is 1.17. The van der Waals surface area contributed by atoms with Crippen LogP contribution in [0, 0.1) is 11.5 Å². The van der Waals surface area contributed by atoms with E-state index >= 15 is 0 Å². The molecule has 0 amide bonds. The fraction of sp³-hybridized carbons (Fsp3) is 0.333. The third kappa shape index (κ3) is 3.30. The Balaban J connectivity index is 2.89. The van der Waals surface area contributed by atoms with E-state index in [1.807, 2.05) is 0 Å². The molecule has 1 unspecified atom stereocenters. The second-order valence-electron chi connectivity index (χ2n) is 2.37. The summed E-state index contributed by atoms with van der Waals surface area (Å²) in [5.74, 6) is 0.227. The molecule has 0 N–H and O–H groups in total. The zero-order chi connectivity index (χ0) is 9.90. The first-order chi connectivity index (χ1) is 6.03. The summed E-state index contributed by atoms with van der Waals surface area (Å²) in [6, 6.07) is 0. The summed E-state index contributed by atoms with van der Waals surface area (Å²) in [5, 5.41) is 8.25. The van der Waals surface area contributed by atoms with Crippen LogP contribution in [0.1, 0.15) is 4.88 Å². The van der Waals surface area contributed by atoms with Crippen LogP contribution >= 0.6 is 22.9 Å². The van der Waals surface area contributed by atoms with Gasteiger partial charge >= 0.3 is 0 Å². The molecule has 13 heavy (non-hydrogen) atoms. The average molecular weight is 236 g/mol. The van der Waals surface area contributed by atoms with Crippen LogP contribution in [-0.4, -0.2) is 15.4 Å². The lowest BCUT2D eigenvalue weighted by atomic mass is 10.6. The van der Waals surface area contributed by atoms with E-state index in [1.165, 1.54) is 23.8 Å². The van der Waals surface area contributed by atoms with Crippen molar-refractivity contribution in [3.8, 4) is 6.19 Å². The number of thiazole rings is 1. The Kier molecular flexibility index (Phi) is 3.25. The maximum absolute atomic E-state index is 11.5. The van der Waals surface area contributed by atoms with E-state index in [2.05, 4.69) is 9.35 Å². The fourth-order valence-corrected chi connectivity index (χ4v) is 3.24. The predicted octanol–water partition coefficient (Wildman–Crippen LogP) is 1.88. The molecule has 4 nitrogen and oxygen atoms in total. The van der Waals surface area contributed by atoms with E-state index in [9.17, 15) is 4.21 Å². The molecule has 0 spiro atoms. The van der Waals surface area contributed by atoms with Gasteiger partial charge in [0.2, 0.25) is 6.19 Å². The zero-order valence-electron chi connectivity index (χ0n) is 6.73. The van der Waals surface area contributed by atoms with Crippen LogP contribution in [0.5, 0.6) is 0 Å². The summed E-state index contributed by atoms with van der Waals surface area (Å²) in [6.45, 7) is 0. The summed E-state index contributed by atoms with van der Waals surface area (Å²) < 4.78 is 15.2. The van der Waals surface area contributed by atoms with Gasteiger partial charge in [0, 0.05) is 17.3 Å². The molecule has 1 aromatic heterocycles. The van der Waals surface area contributed by atoms with E-state index in [4.69, 9.17) is 16.9 Å². The van der Waals surface area contributed by atoms with Gasteiger partial charge in [-0.1, -0.05) is 11.6 Å². The molecule has 7 heteroatoms. The van der Waals surface area contributed by atoms with Gasteiger partial charge in [-0.3, -0.25) is 0 Å². The quantitative estimate of drug-likeness (QED) is 0.735. The summed E-state index contributed by atoms with van der Waals surface area (Å²) in [7, 11) is -2.45. The van der Waals surface area contributed by atoms with Crippen LogP contribution in [0.2, 0.25) is 4.47 Å². The second kappa shape index (κ2) is 4.05. The van der Waals surface area contributed by atoms with Crippen molar-refractivity contribution >= 4 is 32.7 Å². The number of aromatic nitrogens is 1. The van der Waals surface area contributed by atoms with E-state index in [1.54, 1.807) is 6.20 Å². The van der Waals surface area contributed by atoms with Gasteiger partial charge in [0.25, 0.3) is 0 Å². The van der Waals surface area contributed by atoms with Crippen molar-refractivity contribution in [2.45, 2.75) is 5.75 Å². The van der Waals surface area contributed by atoms with Crippen molar-refractivity contribution in [1.29, 1.82) is 5.26 Å². The normalized spacial score (nSPS) is 14.5.